The first-order valence-electron chi connectivity index (χ1n) is 15.7. The highest BCUT2D eigenvalue weighted by Crippen LogP contribution is 2.41. The van der Waals surface area contributed by atoms with Gasteiger partial charge in [0.05, 0.1) is 68.1 Å². The van der Waals surface area contributed by atoms with Crippen LogP contribution in [0.1, 0.15) is 57.4 Å². The summed E-state index contributed by atoms with van der Waals surface area (Å²) >= 11 is 15.3. The average Bonchev–Trinajstić information content (AvgIpc) is 3.56. The summed E-state index contributed by atoms with van der Waals surface area (Å²) in [6.45, 7) is 3.77. The molecule has 1 saturated heterocycles. The van der Waals surface area contributed by atoms with Gasteiger partial charge in [-0.25, -0.2) is 33.7 Å². The molecule has 5 rings (SSSR count). The van der Waals surface area contributed by atoms with Crippen molar-refractivity contribution in [3.05, 3.63) is 38.8 Å². The van der Waals surface area contributed by atoms with E-state index in [0.717, 1.165) is 0 Å². The lowest BCUT2D eigenvalue weighted by molar-refractivity contribution is -0.142. The first-order valence-corrected chi connectivity index (χ1v) is 24.7. The van der Waals surface area contributed by atoms with Crippen LogP contribution in [0.2, 0.25) is 10.0 Å². The second kappa shape index (κ2) is 19.1. The average molecular weight is 1080 g/mol. The lowest BCUT2D eigenvalue weighted by Crippen LogP contribution is -2.41. The van der Waals surface area contributed by atoms with Crippen LogP contribution in [-0.2, 0) is 62.5 Å². The lowest BCUT2D eigenvalue weighted by atomic mass is 9.77. The standard InChI is InChI=1S/C17H22BClF3N3O6S2.C11H10BrClF3N3O4S2.4CH4/c1-15(2)16(3,4)31-18(30-15)10-7-8-11(19)12-13(10)24(9-17(20,21)22)23-14(12)25(32(5,26)27)33(6,28)29;1-24(20,21)19(25(2,22)23)10-8-7(13)4-3-6(12)9(8)18(17-10)5-11(14,15)16;;;;/h7-8H,9H2,1-6H3;3-4H,5H2,1-2H3;4*1H4. The number of hydrogen-bond donors (Lipinski definition) is 0. The van der Waals surface area contributed by atoms with Crippen molar-refractivity contribution in [2.24, 2.45) is 0 Å². The summed E-state index contributed by atoms with van der Waals surface area (Å²) in [7, 11) is -19.0. The highest BCUT2D eigenvalue weighted by atomic mass is 79.9. The lowest BCUT2D eigenvalue weighted by Gasteiger charge is -2.32. The van der Waals surface area contributed by atoms with Crippen molar-refractivity contribution in [3.8, 4) is 0 Å². The van der Waals surface area contributed by atoms with Crippen molar-refractivity contribution >= 4 is 125 Å². The van der Waals surface area contributed by atoms with Crippen molar-refractivity contribution in [1.82, 2.24) is 19.6 Å². The summed E-state index contributed by atoms with van der Waals surface area (Å²) in [4.78, 5) is 0. The third kappa shape index (κ3) is 12.6. The first kappa shape index (κ1) is 59.4. The maximum absolute atomic E-state index is 13.4. The molecule has 0 unspecified atom stereocenters. The Morgan fingerprint density at radius 3 is 1.26 bits per heavy atom. The molecule has 0 saturated carbocycles. The van der Waals surface area contributed by atoms with Crippen LogP contribution >= 0.6 is 39.1 Å². The SMILES string of the molecule is C.C.C.C.CC1(C)OB(c2ccc(Cl)c3c(N(S(C)(=O)=O)S(C)(=O)=O)nn(CC(F)(F)F)c23)OC1(C)C.CS(=O)(=O)N(c1nn(CC(F)(F)F)c2c(Br)ccc(Cl)c12)S(C)(=O)=O. The van der Waals surface area contributed by atoms with Crippen molar-refractivity contribution in [2.45, 2.75) is 94.0 Å². The van der Waals surface area contributed by atoms with Crippen LogP contribution in [0.3, 0.4) is 0 Å². The van der Waals surface area contributed by atoms with Gasteiger partial charge >= 0.3 is 19.5 Å². The fourth-order valence-corrected chi connectivity index (χ4v) is 12.3. The fourth-order valence-electron chi connectivity index (χ4n) is 5.61. The van der Waals surface area contributed by atoms with Crippen molar-refractivity contribution in [1.29, 1.82) is 0 Å². The number of rotatable bonds is 9. The van der Waals surface area contributed by atoms with E-state index in [0.29, 0.717) is 34.4 Å². The molecule has 356 valence electrons. The van der Waals surface area contributed by atoms with Crippen LogP contribution in [0.5, 0.6) is 0 Å². The van der Waals surface area contributed by atoms with Crippen molar-refractivity contribution in [3.63, 3.8) is 0 Å². The number of hydrogen-bond acceptors (Lipinski definition) is 12. The van der Waals surface area contributed by atoms with E-state index in [1.807, 2.05) is 0 Å². The summed E-state index contributed by atoms with van der Waals surface area (Å²) in [5.74, 6) is -1.50. The monoisotopic (exact) mass is 1080 g/mol. The molecule has 0 atom stereocenters. The topological polar surface area (TPSA) is 197 Å². The van der Waals surface area contributed by atoms with E-state index in [4.69, 9.17) is 32.5 Å². The number of halogens is 9. The zero-order valence-electron chi connectivity index (χ0n) is 31.1. The van der Waals surface area contributed by atoms with E-state index in [9.17, 15) is 60.0 Å². The number of anilines is 2. The largest absolute Gasteiger partial charge is 0.497 e. The highest BCUT2D eigenvalue weighted by Gasteiger charge is 2.53. The zero-order valence-corrected chi connectivity index (χ0v) is 37.5. The minimum absolute atomic E-state index is 0. The summed E-state index contributed by atoms with van der Waals surface area (Å²) < 4.78 is 189. The van der Waals surface area contributed by atoms with Crippen LogP contribution in [-0.4, -0.2) is 109 Å². The molecule has 0 bridgehead atoms. The molecule has 1 fully saturated rings. The Hall–Kier alpha value is -2.60. The van der Waals surface area contributed by atoms with Gasteiger partial charge in [-0.2, -0.15) is 36.5 Å². The Labute approximate surface area is 377 Å². The first-order chi connectivity index (χ1) is 25.8. The molecular formula is C32H48BBrCl2F6N6O10S4. The van der Waals surface area contributed by atoms with E-state index >= 15 is 0 Å². The molecule has 1 aliphatic heterocycles. The molecule has 30 heteroatoms. The smallest absolute Gasteiger partial charge is 0.399 e. The number of fused-ring (bicyclic) bond motifs is 2. The van der Waals surface area contributed by atoms with E-state index < -0.39 is 95.5 Å². The molecule has 2 aromatic heterocycles. The van der Waals surface area contributed by atoms with Crippen LogP contribution in [0.15, 0.2) is 28.7 Å². The Kier molecular flexibility index (Phi) is 18.3. The second-order valence-corrected chi connectivity index (χ2v) is 23.3. The van der Waals surface area contributed by atoms with E-state index in [1.54, 1.807) is 27.7 Å². The zero-order chi connectivity index (χ0) is 44.7. The van der Waals surface area contributed by atoms with Crippen LogP contribution in [0, 0.1) is 0 Å². The van der Waals surface area contributed by atoms with E-state index in [2.05, 4.69) is 26.1 Å². The van der Waals surface area contributed by atoms with Gasteiger partial charge in [0.15, 0.2) is 11.6 Å². The maximum Gasteiger partial charge on any atom is 0.497 e. The molecule has 2 aromatic carbocycles. The number of sulfonamides is 4. The molecule has 62 heavy (non-hydrogen) atoms. The van der Waals surface area contributed by atoms with Gasteiger partial charge in [-0.15, -0.1) is 7.42 Å². The van der Waals surface area contributed by atoms with Crippen LogP contribution in [0.25, 0.3) is 21.8 Å². The van der Waals surface area contributed by atoms with Crippen LogP contribution < -0.4 is 12.9 Å². The Morgan fingerprint density at radius 1 is 0.629 bits per heavy atom. The quantitative estimate of drug-likeness (QED) is 0.118. The number of alkyl halides is 6. The summed E-state index contributed by atoms with van der Waals surface area (Å²) in [6.07, 6.45) is -7.09. The van der Waals surface area contributed by atoms with Gasteiger partial charge in [0.2, 0.25) is 40.1 Å². The summed E-state index contributed by atoms with van der Waals surface area (Å²) in [6, 6.07) is 5.28. The van der Waals surface area contributed by atoms with Gasteiger partial charge in [-0.3, -0.25) is 9.36 Å². The second-order valence-electron chi connectivity index (χ2n) is 13.8. The predicted octanol–water partition coefficient (Wildman–Crippen LogP) is 7.56. The molecule has 0 radical (unpaired) electrons. The minimum Gasteiger partial charge on any atom is -0.399 e. The Morgan fingerprint density at radius 2 is 0.935 bits per heavy atom. The van der Waals surface area contributed by atoms with Gasteiger partial charge in [0.25, 0.3) is 0 Å². The molecule has 4 aromatic rings. The van der Waals surface area contributed by atoms with E-state index in [1.165, 1.54) is 24.3 Å². The summed E-state index contributed by atoms with van der Waals surface area (Å²) in [5.41, 5.74) is -2.04. The predicted molar refractivity (Wildman–Crippen MR) is 236 cm³/mol. The van der Waals surface area contributed by atoms with Crippen molar-refractivity contribution in [2.75, 3.05) is 32.4 Å². The minimum atomic E-state index is -4.77. The third-order valence-corrected chi connectivity index (χ3v) is 16.0. The highest BCUT2D eigenvalue weighted by molar-refractivity contribution is 9.10. The number of nitrogens with zero attached hydrogens (tertiary/aromatic N) is 6. The molecule has 3 heterocycles. The normalized spacial score (nSPS) is 15.4. The van der Waals surface area contributed by atoms with E-state index in [-0.39, 0.29) is 78.9 Å². The molecule has 16 nitrogen and oxygen atoms in total. The molecule has 0 spiro atoms. The molecule has 1 aliphatic rings. The maximum atomic E-state index is 13.4. The molecular weight excluding hydrogens is 1030 g/mol. The third-order valence-electron chi connectivity index (χ3n) is 8.35. The fraction of sp³-hybridized carbons (Fsp3) is 0.562. The van der Waals surface area contributed by atoms with Gasteiger partial charge in [-0.1, -0.05) is 59.0 Å². The molecule has 0 aliphatic carbocycles. The summed E-state index contributed by atoms with van der Waals surface area (Å²) in [5, 5.41) is 6.42. The van der Waals surface area contributed by atoms with Gasteiger partial charge in [0, 0.05) is 9.94 Å². The van der Waals surface area contributed by atoms with Gasteiger partial charge in [0.1, 0.15) is 13.1 Å². The molecule has 0 N–H and O–H groups in total. The van der Waals surface area contributed by atoms with Crippen molar-refractivity contribution < 1.29 is 69.3 Å². The Balaban J connectivity index is 0.00000116. The number of benzene rings is 2. The van der Waals surface area contributed by atoms with Gasteiger partial charge < -0.3 is 9.31 Å². The van der Waals surface area contributed by atoms with Crippen LogP contribution in [0.4, 0.5) is 38.0 Å². The van der Waals surface area contributed by atoms with Gasteiger partial charge in [-0.05, 0) is 61.8 Å². The molecule has 0 amide bonds. The number of aromatic nitrogens is 4. The Bertz CT molecular complexity index is 2670.